The van der Waals surface area contributed by atoms with E-state index in [9.17, 15) is 9.59 Å². The number of nitrogens with zero attached hydrogens (tertiary/aromatic N) is 3. The Morgan fingerprint density at radius 1 is 1.29 bits per heavy atom. The molecule has 1 saturated heterocycles. The van der Waals surface area contributed by atoms with E-state index in [0.717, 1.165) is 30.4 Å². The van der Waals surface area contributed by atoms with Crippen molar-refractivity contribution in [2.45, 2.75) is 38.8 Å². The molecule has 130 valence electrons. The standard InChI is InChI=1S/C18H25N3O3/c1-3-24-14-7-6-11-20(13-14)17(22)10-12-21-16-9-5-4-8-15(16)19(2)18(21)23/h4-5,8-9,14H,3,6-7,10-13H2,1-2H3/t14-/m0/s1. The van der Waals surface area contributed by atoms with Gasteiger partial charge in [-0.3, -0.25) is 13.9 Å². The molecule has 6 nitrogen and oxygen atoms in total. The zero-order chi connectivity index (χ0) is 17.1. The van der Waals surface area contributed by atoms with Crippen molar-refractivity contribution in [1.82, 2.24) is 14.0 Å². The van der Waals surface area contributed by atoms with Gasteiger partial charge in [-0.2, -0.15) is 0 Å². The van der Waals surface area contributed by atoms with Crippen LogP contribution in [0.2, 0.25) is 0 Å². The van der Waals surface area contributed by atoms with Crippen molar-refractivity contribution < 1.29 is 9.53 Å². The fourth-order valence-electron chi connectivity index (χ4n) is 3.48. The van der Waals surface area contributed by atoms with E-state index in [1.54, 1.807) is 16.2 Å². The summed E-state index contributed by atoms with van der Waals surface area (Å²) in [4.78, 5) is 26.8. The molecule has 0 N–H and O–H groups in total. The molecule has 1 fully saturated rings. The summed E-state index contributed by atoms with van der Waals surface area (Å²) in [5.74, 6) is 0.0965. The van der Waals surface area contributed by atoms with E-state index in [0.29, 0.717) is 26.1 Å². The van der Waals surface area contributed by atoms with Crippen molar-refractivity contribution in [3.05, 3.63) is 34.7 Å². The Morgan fingerprint density at radius 2 is 2.04 bits per heavy atom. The minimum absolute atomic E-state index is 0.0742. The van der Waals surface area contributed by atoms with Crippen molar-refractivity contribution >= 4 is 16.9 Å². The molecule has 1 aromatic heterocycles. The molecule has 1 atom stereocenters. The predicted molar refractivity (Wildman–Crippen MR) is 93.0 cm³/mol. The monoisotopic (exact) mass is 331 g/mol. The minimum Gasteiger partial charge on any atom is -0.377 e. The Bertz CT molecular complexity index is 775. The Hall–Kier alpha value is -2.08. The highest BCUT2D eigenvalue weighted by atomic mass is 16.5. The van der Waals surface area contributed by atoms with Crippen LogP contribution >= 0.6 is 0 Å². The Balaban J connectivity index is 1.69. The second-order valence-electron chi connectivity index (χ2n) is 6.29. The number of hydrogen-bond acceptors (Lipinski definition) is 3. The highest BCUT2D eigenvalue weighted by molar-refractivity contribution is 5.78. The molecule has 24 heavy (non-hydrogen) atoms. The smallest absolute Gasteiger partial charge is 0.328 e. The third-order valence-electron chi connectivity index (χ3n) is 4.73. The summed E-state index contributed by atoms with van der Waals surface area (Å²) < 4.78 is 8.98. The molecule has 1 amide bonds. The molecule has 1 aromatic carbocycles. The Morgan fingerprint density at radius 3 is 2.79 bits per heavy atom. The number of ether oxygens (including phenoxy) is 1. The maximum Gasteiger partial charge on any atom is 0.328 e. The fraction of sp³-hybridized carbons (Fsp3) is 0.556. The van der Waals surface area contributed by atoms with Crippen LogP contribution in [0.25, 0.3) is 11.0 Å². The maximum absolute atomic E-state index is 12.5. The molecule has 3 rings (SSSR count). The van der Waals surface area contributed by atoms with Crippen molar-refractivity contribution in [1.29, 1.82) is 0 Å². The van der Waals surface area contributed by atoms with Crippen molar-refractivity contribution in [2.24, 2.45) is 7.05 Å². The van der Waals surface area contributed by atoms with Gasteiger partial charge in [0.25, 0.3) is 0 Å². The number of hydrogen-bond donors (Lipinski definition) is 0. The topological polar surface area (TPSA) is 56.5 Å². The number of piperidine rings is 1. The van der Waals surface area contributed by atoms with Gasteiger partial charge in [0.15, 0.2) is 0 Å². The average molecular weight is 331 g/mol. The van der Waals surface area contributed by atoms with E-state index in [1.165, 1.54) is 0 Å². The normalized spacial score (nSPS) is 18.2. The number of carbonyl (C=O) groups is 1. The molecule has 2 heterocycles. The van der Waals surface area contributed by atoms with Crippen LogP contribution in [0.1, 0.15) is 26.2 Å². The molecule has 2 aromatic rings. The molecule has 1 aliphatic heterocycles. The first kappa shape index (κ1) is 16.8. The van der Waals surface area contributed by atoms with Crippen LogP contribution in [0.3, 0.4) is 0 Å². The third kappa shape index (κ3) is 3.24. The molecule has 6 heteroatoms. The Labute approximate surface area is 141 Å². The van der Waals surface area contributed by atoms with Gasteiger partial charge in [0.2, 0.25) is 5.91 Å². The number of amides is 1. The first-order valence-corrected chi connectivity index (χ1v) is 8.65. The van der Waals surface area contributed by atoms with Crippen LogP contribution < -0.4 is 5.69 Å². The lowest BCUT2D eigenvalue weighted by molar-refractivity contribution is -0.135. The highest BCUT2D eigenvalue weighted by Crippen LogP contribution is 2.15. The maximum atomic E-state index is 12.5. The summed E-state index contributed by atoms with van der Waals surface area (Å²) in [6, 6.07) is 7.68. The number of likely N-dealkylation sites (tertiary alicyclic amines) is 1. The lowest BCUT2D eigenvalue weighted by Crippen LogP contribution is -2.43. The van der Waals surface area contributed by atoms with Gasteiger partial charge in [0, 0.05) is 39.7 Å². The molecule has 1 aliphatic rings. The summed E-state index contributed by atoms with van der Waals surface area (Å²) >= 11 is 0. The largest absolute Gasteiger partial charge is 0.377 e. The first-order valence-electron chi connectivity index (χ1n) is 8.65. The van der Waals surface area contributed by atoms with Gasteiger partial charge >= 0.3 is 5.69 Å². The van der Waals surface area contributed by atoms with Crippen LogP contribution in [-0.4, -0.2) is 45.7 Å². The number of carbonyl (C=O) groups excluding carboxylic acids is 1. The Kier molecular flexibility index (Phi) is 5.04. The zero-order valence-corrected chi connectivity index (χ0v) is 14.4. The quantitative estimate of drug-likeness (QED) is 0.839. The number of aromatic nitrogens is 2. The molecular weight excluding hydrogens is 306 g/mol. The predicted octanol–water partition coefficient (Wildman–Crippen LogP) is 1.76. The summed E-state index contributed by atoms with van der Waals surface area (Å²) in [5, 5.41) is 0. The second kappa shape index (κ2) is 7.21. The summed E-state index contributed by atoms with van der Waals surface area (Å²) in [5.41, 5.74) is 1.70. The molecule has 0 spiro atoms. The number of rotatable bonds is 5. The number of imidazole rings is 1. The summed E-state index contributed by atoms with van der Waals surface area (Å²) in [7, 11) is 1.76. The average Bonchev–Trinajstić information content (AvgIpc) is 2.85. The minimum atomic E-state index is -0.0742. The van der Waals surface area contributed by atoms with E-state index in [1.807, 2.05) is 36.1 Å². The van der Waals surface area contributed by atoms with Gasteiger partial charge < -0.3 is 9.64 Å². The van der Waals surface area contributed by atoms with E-state index in [-0.39, 0.29) is 17.7 Å². The first-order chi connectivity index (χ1) is 11.6. The lowest BCUT2D eigenvalue weighted by Gasteiger charge is -2.32. The highest BCUT2D eigenvalue weighted by Gasteiger charge is 2.24. The van der Waals surface area contributed by atoms with Gasteiger partial charge in [-0.05, 0) is 31.9 Å². The fourth-order valence-corrected chi connectivity index (χ4v) is 3.48. The van der Waals surface area contributed by atoms with Gasteiger partial charge in [-0.15, -0.1) is 0 Å². The van der Waals surface area contributed by atoms with Crippen LogP contribution in [0.5, 0.6) is 0 Å². The van der Waals surface area contributed by atoms with E-state index >= 15 is 0 Å². The van der Waals surface area contributed by atoms with Crippen molar-refractivity contribution in [2.75, 3.05) is 19.7 Å². The SMILES string of the molecule is CCO[C@H]1CCCN(C(=O)CCn2c(=O)n(C)c3ccccc32)C1. The zero-order valence-electron chi connectivity index (χ0n) is 14.4. The molecule has 0 aliphatic carbocycles. The van der Waals surface area contributed by atoms with Crippen LogP contribution in [0.15, 0.2) is 29.1 Å². The number of benzene rings is 1. The summed E-state index contributed by atoms with van der Waals surface area (Å²) in [6.45, 7) is 4.52. The van der Waals surface area contributed by atoms with E-state index in [2.05, 4.69) is 0 Å². The number of aryl methyl sites for hydroxylation is 2. The molecule has 0 saturated carbocycles. The van der Waals surface area contributed by atoms with Crippen LogP contribution in [0.4, 0.5) is 0 Å². The molecule has 0 unspecified atom stereocenters. The molecular formula is C18H25N3O3. The van der Waals surface area contributed by atoms with E-state index in [4.69, 9.17) is 4.74 Å². The molecule has 0 radical (unpaired) electrons. The molecule has 0 bridgehead atoms. The third-order valence-corrected chi connectivity index (χ3v) is 4.73. The summed E-state index contributed by atoms with van der Waals surface area (Å²) in [6.07, 6.45) is 2.48. The number of para-hydroxylation sites is 2. The second-order valence-corrected chi connectivity index (χ2v) is 6.29. The lowest BCUT2D eigenvalue weighted by atomic mass is 10.1. The van der Waals surface area contributed by atoms with Gasteiger partial charge in [-0.25, -0.2) is 4.79 Å². The van der Waals surface area contributed by atoms with Crippen molar-refractivity contribution in [3.8, 4) is 0 Å². The van der Waals surface area contributed by atoms with E-state index < -0.39 is 0 Å². The number of fused-ring (bicyclic) bond motifs is 1. The van der Waals surface area contributed by atoms with Crippen LogP contribution in [0, 0.1) is 0 Å². The van der Waals surface area contributed by atoms with Gasteiger partial charge in [0.05, 0.1) is 17.1 Å². The van der Waals surface area contributed by atoms with Crippen LogP contribution in [-0.2, 0) is 23.1 Å². The van der Waals surface area contributed by atoms with Gasteiger partial charge in [0.1, 0.15) is 0 Å². The van der Waals surface area contributed by atoms with Gasteiger partial charge in [-0.1, -0.05) is 12.1 Å². The van der Waals surface area contributed by atoms with Crippen molar-refractivity contribution in [3.63, 3.8) is 0 Å².